The molecule has 1 heterocycles. The van der Waals surface area contributed by atoms with Crippen molar-refractivity contribution in [3.05, 3.63) is 46.6 Å². The van der Waals surface area contributed by atoms with Crippen LogP contribution in [0.4, 0.5) is 11.8 Å². The Labute approximate surface area is 111 Å². The van der Waals surface area contributed by atoms with E-state index in [2.05, 4.69) is 29.0 Å². The summed E-state index contributed by atoms with van der Waals surface area (Å²) in [6.45, 7) is 2.81. The molecule has 0 aliphatic carbocycles. The fourth-order valence-corrected chi connectivity index (χ4v) is 1.99. The number of benzene rings is 1. The van der Waals surface area contributed by atoms with E-state index in [1.54, 1.807) is 0 Å². The predicted octanol–water partition coefficient (Wildman–Crippen LogP) is 2.66. The van der Waals surface area contributed by atoms with Crippen LogP contribution < -0.4 is 10.6 Å². The molecule has 4 nitrogen and oxygen atoms in total. The molecule has 2 rings (SSSR count). The van der Waals surface area contributed by atoms with Gasteiger partial charge in [0.15, 0.2) is 5.82 Å². The third-order valence-corrected chi connectivity index (χ3v) is 3.04. The maximum atomic E-state index is 6.07. The van der Waals surface area contributed by atoms with Gasteiger partial charge < -0.3 is 10.6 Å². The molecule has 0 spiro atoms. The summed E-state index contributed by atoms with van der Waals surface area (Å²) < 4.78 is 0. The fraction of sp³-hybridized carbons (Fsp3) is 0.231. The van der Waals surface area contributed by atoms with Gasteiger partial charge in [-0.15, -0.1) is 0 Å². The standard InChI is InChI=1S/C13H15ClN4/c1-9-5-3-4-6-10(9)8-18(2)12-11(14)7-16-13(15)17-12/h3-7H,8H2,1-2H3,(H2,15,16,17). The molecule has 0 radical (unpaired) electrons. The molecule has 0 saturated carbocycles. The summed E-state index contributed by atoms with van der Waals surface area (Å²) in [5.41, 5.74) is 8.05. The average Bonchev–Trinajstić information content (AvgIpc) is 2.35. The van der Waals surface area contributed by atoms with Crippen molar-refractivity contribution in [1.82, 2.24) is 9.97 Å². The molecule has 0 fully saturated rings. The largest absolute Gasteiger partial charge is 0.368 e. The molecule has 5 heteroatoms. The van der Waals surface area contributed by atoms with E-state index in [0.717, 1.165) is 6.54 Å². The first-order valence-corrected chi connectivity index (χ1v) is 5.99. The minimum absolute atomic E-state index is 0.228. The number of hydrogen-bond donors (Lipinski definition) is 1. The lowest BCUT2D eigenvalue weighted by molar-refractivity contribution is 0.887. The quantitative estimate of drug-likeness (QED) is 0.924. The third-order valence-electron chi connectivity index (χ3n) is 2.77. The molecular formula is C13H15ClN4. The van der Waals surface area contributed by atoms with Gasteiger partial charge in [0.1, 0.15) is 5.02 Å². The second-order valence-corrected chi connectivity index (χ2v) is 4.59. The summed E-state index contributed by atoms with van der Waals surface area (Å²) in [5, 5.41) is 0.500. The summed E-state index contributed by atoms with van der Waals surface area (Å²) in [5.74, 6) is 0.874. The number of nitrogen functional groups attached to an aromatic ring is 1. The van der Waals surface area contributed by atoms with Crippen molar-refractivity contribution in [3.8, 4) is 0 Å². The maximum Gasteiger partial charge on any atom is 0.222 e. The lowest BCUT2D eigenvalue weighted by Crippen LogP contribution is -2.19. The maximum absolute atomic E-state index is 6.07. The number of rotatable bonds is 3. The molecule has 18 heavy (non-hydrogen) atoms. The summed E-state index contributed by atoms with van der Waals surface area (Å²) in [6, 6.07) is 8.21. The molecule has 0 saturated heterocycles. The number of halogens is 1. The lowest BCUT2D eigenvalue weighted by Gasteiger charge is -2.20. The van der Waals surface area contributed by atoms with E-state index >= 15 is 0 Å². The molecule has 0 aliphatic heterocycles. The van der Waals surface area contributed by atoms with E-state index in [9.17, 15) is 0 Å². The zero-order valence-corrected chi connectivity index (χ0v) is 11.1. The first kappa shape index (κ1) is 12.6. The van der Waals surface area contributed by atoms with Gasteiger partial charge >= 0.3 is 0 Å². The third kappa shape index (κ3) is 2.71. The Kier molecular flexibility index (Phi) is 3.67. The molecule has 1 aromatic heterocycles. The highest BCUT2D eigenvalue weighted by atomic mass is 35.5. The zero-order valence-electron chi connectivity index (χ0n) is 10.4. The van der Waals surface area contributed by atoms with Crippen molar-refractivity contribution in [2.75, 3.05) is 17.7 Å². The van der Waals surface area contributed by atoms with Crippen LogP contribution in [-0.4, -0.2) is 17.0 Å². The molecule has 2 N–H and O–H groups in total. The van der Waals surface area contributed by atoms with Crippen LogP contribution in [0.25, 0.3) is 0 Å². The van der Waals surface area contributed by atoms with Gasteiger partial charge in [0.2, 0.25) is 5.95 Å². The van der Waals surface area contributed by atoms with Crippen LogP contribution in [0.15, 0.2) is 30.5 Å². The summed E-state index contributed by atoms with van der Waals surface area (Å²) in [7, 11) is 1.93. The van der Waals surface area contributed by atoms with Crippen LogP contribution >= 0.6 is 11.6 Å². The highest BCUT2D eigenvalue weighted by Crippen LogP contribution is 2.23. The van der Waals surface area contributed by atoms with Gasteiger partial charge in [-0.2, -0.15) is 4.98 Å². The summed E-state index contributed by atoms with van der Waals surface area (Å²) >= 11 is 6.07. The topological polar surface area (TPSA) is 55.0 Å². The second-order valence-electron chi connectivity index (χ2n) is 4.18. The number of hydrogen-bond acceptors (Lipinski definition) is 4. The molecule has 2 aromatic rings. The highest BCUT2D eigenvalue weighted by molar-refractivity contribution is 6.32. The Morgan fingerprint density at radius 1 is 1.33 bits per heavy atom. The van der Waals surface area contributed by atoms with Gasteiger partial charge in [-0.3, -0.25) is 0 Å². The fourth-order valence-electron chi connectivity index (χ4n) is 1.76. The van der Waals surface area contributed by atoms with Crippen molar-refractivity contribution < 1.29 is 0 Å². The Hall–Kier alpha value is -1.81. The van der Waals surface area contributed by atoms with Crippen LogP contribution in [0, 0.1) is 6.92 Å². The molecule has 0 amide bonds. The van der Waals surface area contributed by atoms with Gasteiger partial charge in [-0.05, 0) is 18.1 Å². The lowest BCUT2D eigenvalue weighted by atomic mass is 10.1. The van der Waals surface area contributed by atoms with Crippen LogP contribution in [0.5, 0.6) is 0 Å². The average molecular weight is 263 g/mol. The SMILES string of the molecule is Cc1ccccc1CN(C)c1nc(N)ncc1Cl. The Morgan fingerprint density at radius 3 is 2.78 bits per heavy atom. The molecule has 1 aromatic carbocycles. The molecule has 0 atom stereocenters. The van der Waals surface area contributed by atoms with Gasteiger partial charge in [-0.1, -0.05) is 35.9 Å². The van der Waals surface area contributed by atoms with Gasteiger partial charge in [-0.25, -0.2) is 4.98 Å². The number of nitrogens with zero attached hydrogens (tertiary/aromatic N) is 3. The number of anilines is 2. The van der Waals surface area contributed by atoms with E-state index in [0.29, 0.717) is 10.8 Å². The predicted molar refractivity (Wildman–Crippen MR) is 74.7 cm³/mol. The minimum atomic E-state index is 0.228. The first-order chi connectivity index (χ1) is 8.58. The number of aryl methyl sites for hydroxylation is 1. The van der Waals surface area contributed by atoms with Crippen LogP contribution in [0.1, 0.15) is 11.1 Å². The van der Waals surface area contributed by atoms with E-state index in [1.165, 1.54) is 17.3 Å². The molecule has 0 aliphatic rings. The number of nitrogens with two attached hydrogens (primary N) is 1. The number of aromatic nitrogens is 2. The first-order valence-electron chi connectivity index (χ1n) is 5.61. The summed E-state index contributed by atoms with van der Waals surface area (Å²) in [6.07, 6.45) is 1.52. The second kappa shape index (κ2) is 5.23. The van der Waals surface area contributed by atoms with E-state index in [4.69, 9.17) is 17.3 Å². The minimum Gasteiger partial charge on any atom is -0.368 e. The van der Waals surface area contributed by atoms with E-state index in [1.807, 2.05) is 24.1 Å². The molecule has 94 valence electrons. The molecular weight excluding hydrogens is 248 g/mol. The highest BCUT2D eigenvalue weighted by Gasteiger charge is 2.10. The van der Waals surface area contributed by atoms with Gasteiger partial charge in [0, 0.05) is 13.6 Å². The van der Waals surface area contributed by atoms with Gasteiger partial charge in [0.25, 0.3) is 0 Å². The van der Waals surface area contributed by atoms with Crippen molar-refractivity contribution in [3.63, 3.8) is 0 Å². The van der Waals surface area contributed by atoms with Crippen molar-refractivity contribution in [2.45, 2.75) is 13.5 Å². The Morgan fingerprint density at radius 2 is 2.06 bits per heavy atom. The zero-order chi connectivity index (χ0) is 13.1. The van der Waals surface area contributed by atoms with Crippen molar-refractivity contribution in [1.29, 1.82) is 0 Å². The van der Waals surface area contributed by atoms with Gasteiger partial charge in [0.05, 0.1) is 6.20 Å². The Balaban J connectivity index is 2.25. The van der Waals surface area contributed by atoms with Crippen LogP contribution in [0.3, 0.4) is 0 Å². The van der Waals surface area contributed by atoms with Crippen molar-refractivity contribution >= 4 is 23.4 Å². The van der Waals surface area contributed by atoms with E-state index in [-0.39, 0.29) is 5.95 Å². The monoisotopic (exact) mass is 262 g/mol. The normalized spacial score (nSPS) is 10.4. The molecule has 0 bridgehead atoms. The smallest absolute Gasteiger partial charge is 0.222 e. The van der Waals surface area contributed by atoms with E-state index < -0.39 is 0 Å². The van der Waals surface area contributed by atoms with Crippen molar-refractivity contribution in [2.24, 2.45) is 0 Å². The molecule has 0 unspecified atom stereocenters. The summed E-state index contributed by atoms with van der Waals surface area (Å²) in [4.78, 5) is 9.97. The van der Waals surface area contributed by atoms with Crippen LogP contribution in [-0.2, 0) is 6.54 Å². The Bertz CT molecular complexity index is 556. The van der Waals surface area contributed by atoms with Crippen LogP contribution in [0.2, 0.25) is 5.02 Å².